The van der Waals surface area contributed by atoms with Crippen molar-refractivity contribution in [2.45, 2.75) is 143 Å². The maximum absolute atomic E-state index is 12.4. The van der Waals surface area contributed by atoms with Gasteiger partial charge >= 0.3 is 11.9 Å². The van der Waals surface area contributed by atoms with Crippen molar-refractivity contribution in [3.63, 3.8) is 0 Å². The van der Waals surface area contributed by atoms with Gasteiger partial charge in [0.1, 0.15) is 11.2 Å². The third-order valence-corrected chi connectivity index (χ3v) is 6.24. The molecule has 0 aromatic rings. The molecular formula is C24H46O4. The van der Waals surface area contributed by atoms with Gasteiger partial charge in [-0.25, -0.2) is 0 Å². The molecule has 0 fully saturated rings. The van der Waals surface area contributed by atoms with Crippen molar-refractivity contribution in [3.05, 3.63) is 0 Å². The average Bonchev–Trinajstić information content (AvgIpc) is 2.71. The second-order valence-electron chi connectivity index (χ2n) is 8.14. The number of carbonyl (C=O) groups excluding carboxylic acids is 2. The zero-order valence-electron chi connectivity index (χ0n) is 19.5. The van der Waals surface area contributed by atoms with Gasteiger partial charge in [0.2, 0.25) is 0 Å². The Morgan fingerprint density at radius 2 is 0.893 bits per heavy atom. The van der Waals surface area contributed by atoms with Gasteiger partial charge < -0.3 is 9.47 Å². The Labute approximate surface area is 174 Å². The van der Waals surface area contributed by atoms with Gasteiger partial charge in [0.15, 0.2) is 0 Å². The molecule has 0 aliphatic rings. The second kappa shape index (κ2) is 14.9. The second-order valence-corrected chi connectivity index (χ2v) is 8.14. The van der Waals surface area contributed by atoms with Crippen LogP contribution in [0.4, 0.5) is 0 Å². The molecule has 0 aliphatic heterocycles. The van der Waals surface area contributed by atoms with E-state index in [1.807, 2.05) is 0 Å². The van der Waals surface area contributed by atoms with E-state index in [2.05, 4.69) is 41.5 Å². The van der Waals surface area contributed by atoms with Gasteiger partial charge in [0.05, 0.1) is 12.8 Å². The third kappa shape index (κ3) is 9.93. The van der Waals surface area contributed by atoms with E-state index in [1.165, 1.54) is 0 Å². The van der Waals surface area contributed by atoms with Crippen molar-refractivity contribution in [2.24, 2.45) is 0 Å². The summed E-state index contributed by atoms with van der Waals surface area (Å²) in [5, 5.41) is 0. The van der Waals surface area contributed by atoms with Crippen LogP contribution in [-0.2, 0) is 19.1 Å². The van der Waals surface area contributed by atoms with Crippen molar-refractivity contribution in [3.8, 4) is 0 Å². The summed E-state index contributed by atoms with van der Waals surface area (Å²) < 4.78 is 11.7. The van der Waals surface area contributed by atoms with Crippen LogP contribution in [0.1, 0.15) is 131 Å². The molecule has 0 saturated heterocycles. The predicted molar refractivity (Wildman–Crippen MR) is 116 cm³/mol. The Hall–Kier alpha value is -1.06. The van der Waals surface area contributed by atoms with Crippen molar-refractivity contribution >= 4 is 11.9 Å². The Bertz CT molecular complexity index is 382. The maximum atomic E-state index is 12.4. The summed E-state index contributed by atoms with van der Waals surface area (Å²) in [5.74, 6) is -0.552. The zero-order valence-corrected chi connectivity index (χ0v) is 19.5. The van der Waals surface area contributed by atoms with Crippen molar-refractivity contribution < 1.29 is 19.1 Å². The monoisotopic (exact) mass is 398 g/mol. The third-order valence-electron chi connectivity index (χ3n) is 6.24. The minimum absolute atomic E-state index is 0.104. The van der Waals surface area contributed by atoms with E-state index in [4.69, 9.17) is 9.47 Å². The van der Waals surface area contributed by atoms with Crippen LogP contribution < -0.4 is 0 Å². The van der Waals surface area contributed by atoms with Gasteiger partial charge in [-0.15, -0.1) is 0 Å². The smallest absolute Gasteiger partial charge is 0.306 e. The van der Waals surface area contributed by atoms with Crippen molar-refractivity contribution in [1.29, 1.82) is 0 Å². The molecule has 0 aromatic heterocycles. The van der Waals surface area contributed by atoms with Gasteiger partial charge in [0, 0.05) is 0 Å². The van der Waals surface area contributed by atoms with E-state index in [0.29, 0.717) is 0 Å². The number of carbonyl (C=O) groups is 2. The van der Waals surface area contributed by atoms with E-state index in [1.54, 1.807) is 0 Å². The molecule has 0 atom stereocenters. The first-order valence-corrected chi connectivity index (χ1v) is 11.8. The molecule has 0 radical (unpaired) electrons. The number of hydrogen-bond donors (Lipinski definition) is 0. The van der Waals surface area contributed by atoms with Crippen LogP contribution in [0.3, 0.4) is 0 Å². The average molecular weight is 399 g/mol. The number of hydrogen-bond acceptors (Lipinski definition) is 4. The highest BCUT2D eigenvalue weighted by molar-refractivity contribution is 5.78. The molecule has 0 N–H and O–H groups in total. The number of unbranched alkanes of at least 4 members (excludes halogenated alkanes) is 4. The Morgan fingerprint density at radius 3 is 1.14 bits per heavy atom. The summed E-state index contributed by atoms with van der Waals surface area (Å²) in [4.78, 5) is 24.8. The molecule has 0 amide bonds. The maximum Gasteiger partial charge on any atom is 0.306 e. The summed E-state index contributed by atoms with van der Waals surface area (Å²) in [6.45, 7) is 12.6. The summed E-state index contributed by atoms with van der Waals surface area (Å²) in [7, 11) is 0. The molecule has 0 saturated carbocycles. The quantitative estimate of drug-likeness (QED) is 0.193. The van der Waals surface area contributed by atoms with Gasteiger partial charge in [-0.1, -0.05) is 67.2 Å². The molecule has 0 heterocycles. The van der Waals surface area contributed by atoms with E-state index < -0.39 is 0 Å². The molecule has 166 valence electrons. The fourth-order valence-corrected chi connectivity index (χ4v) is 3.78. The highest BCUT2D eigenvalue weighted by atomic mass is 16.6. The normalized spacial score (nSPS) is 12.1. The van der Waals surface area contributed by atoms with Crippen LogP contribution in [0, 0.1) is 0 Å². The summed E-state index contributed by atoms with van der Waals surface area (Å²) in [6.07, 6.45) is 12.0. The molecule has 28 heavy (non-hydrogen) atoms. The largest absolute Gasteiger partial charge is 0.459 e. The minimum atomic E-state index is -0.382. The number of ether oxygens (including phenoxy) is 2. The first-order chi connectivity index (χ1) is 13.4. The fraction of sp³-hybridized carbons (Fsp3) is 0.917. The molecule has 0 rings (SSSR count). The molecule has 0 bridgehead atoms. The van der Waals surface area contributed by atoms with E-state index in [0.717, 1.165) is 77.0 Å². The molecule has 4 heteroatoms. The Morgan fingerprint density at radius 1 is 0.571 bits per heavy atom. The van der Waals surface area contributed by atoms with E-state index >= 15 is 0 Å². The molecule has 0 aliphatic carbocycles. The lowest BCUT2D eigenvalue weighted by Crippen LogP contribution is -2.35. The molecule has 0 spiro atoms. The number of esters is 2. The first kappa shape index (κ1) is 26.9. The Kier molecular flexibility index (Phi) is 14.3. The molecule has 0 aromatic carbocycles. The van der Waals surface area contributed by atoms with Crippen LogP contribution >= 0.6 is 0 Å². The lowest BCUT2D eigenvalue weighted by atomic mass is 9.90. The molecular weight excluding hydrogens is 352 g/mol. The van der Waals surface area contributed by atoms with Crippen LogP contribution in [0.25, 0.3) is 0 Å². The summed E-state index contributed by atoms with van der Waals surface area (Å²) in [5.41, 5.74) is -0.764. The van der Waals surface area contributed by atoms with Crippen molar-refractivity contribution in [2.75, 3.05) is 0 Å². The minimum Gasteiger partial charge on any atom is -0.459 e. The van der Waals surface area contributed by atoms with Crippen LogP contribution in [-0.4, -0.2) is 23.1 Å². The van der Waals surface area contributed by atoms with E-state index in [-0.39, 0.29) is 36.0 Å². The fourth-order valence-electron chi connectivity index (χ4n) is 3.78. The number of rotatable bonds is 17. The van der Waals surface area contributed by atoms with E-state index in [9.17, 15) is 9.59 Å². The lowest BCUT2D eigenvalue weighted by Gasteiger charge is -2.33. The highest BCUT2D eigenvalue weighted by Crippen LogP contribution is 2.30. The predicted octanol–water partition coefficient (Wildman–Crippen LogP) is 7.13. The topological polar surface area (TPSA) is 52.6 Å². The summed E-state index contributed by atoms with van der Waals surface area (Å²) in [6, 6.07) is 0. The van der Waals surface area contributed by atoms with Gasteiger partial charge in [-0.3, -0.25) is 9.59 Å². The zero-order chi connectivity index (χ0) is 21.5. The highest BCUT2D eigenvalue weighted by Gasteiger charge is 2.32. The van der Waals surface area contributed by atoms with Crippen LogP contribution in [0.15, 0.2) is 0 Å². The first-order valence-electron chi connectivity index (χ1n) is 11.8. The van der Waals surface area contributed by atoms with Gasteiger partial charge in [-0.05, 0) is 51.4 Å². The van der Waals surface area contributed by atoms with Gasteiger partial charge in [-0.2, -0.15) is 0 Å². The van der Waals surface area contributed by atoms with Gasteiger partial charge in [0.25, 0.3) is 0 Å². The lowest BCUT2D eigenvalue weighted by molar-refractivity contribution is -0.169. The van der Waals surface area contributed by atoms with Crippen LogP contribution in [0.2, 0.25) is 0 Å². The molecule has 4 nitrogen and oxygen atoms in total. The summed E-state index contributed by atoms with van der Waals surface area (Å²) >= 11 is 0. The Balaban J connectivity index is 4.62. The molecule has 0 unspecified atom stereocenters. The van der Waals surface area contributed by atoms with Crippen molar-refractivity contribution in [1.82, 2.24) is 0 Å². The standard InChI is InChI=1S/C24H46O4/c1-7-13-15-19-23(9-3,10-4)27-21(25)17-18-22(26)28-24(11-5,12-6)20-16-14-8-2/h7-20H2,1-6H3. The SMILES string of the molecule is CCCCCC(CC)(CC)OC(=O)CCC(=O)OC(CC)(CC)CCCCC. The van der Waals surface area contributed by atoms with Crippen LogP contribution in [0.5, 0.6) is 0 Å².